The van der Waals surface area contributed by atoms with Crippen molar-refractivity contribution < 1.29 is 4.79 Å². The molecule has 0 aliphatic carbocycles. The number of rotatable bonds is 5. The number of thiophene rings is 1. The third-order valence-electron chi connectivity index (χ3n) is 3.74. The van der Waals surface area contributed by atoms with Gasteiger partial charge in [0.2, 0.25) is 5.91 Å². The number of carbonyl (C=O) groups is 1. The molecule has 1 aliphatic heterocycles. The zero-order valence-electron chi connectivity index (χ0n) is 11.3. The molecule has 0 bridgehead atoms. The Bertz CT molecular complexity index is 427. The molecule has 0 saturated carbocycles. The van der Waals surface area contributed by atoms with Gasteiger partial charge in [0.15, 0.2) is 0 Å². The molecule has 0 unspecified atom stereocenters. The standard InChI is InChI=1S/C14H21BrN2OS/c1-14(4-6-16-7-5-14)10-17-13(18)3-2-12-8-11(15)9-19-12/h8-9,16H,2-7,10H2,1H3,(H,17,18). The number of carbonyl (C=O) groups excluding carboxylic acids is 1. The fraction of sp³-hybridized carbons (Fsp3) is 0.643. The Morgan fingerprint density at radius 1 is 1.53 bits per heavy atom. The van der Waals surface area contributed by atoms with Crippen LogP contribution in [0.15, 0.2) is 15.9 Å². The summed E-state index contributed by atoms with van der Waals surface area (Å²) in [4.78, 5) is 13.1. The molecule has 5 heteroatoms. The summed E-state index contributed by atoms with van der Waals surface area (Å²) in [6.07, 6.45) is 3.71. The largest absolute Gasteiger partial charge is 0.356 e. The number of amides is 1. The van der Waals surface area contributed by atoms with Crippen molar-refractivity contribution in [1.29, 1.82) is 0 Å². The van der Waals surface area contributed by atoms with Crippen LogP contribution in [0.1, 0.15) is 31.1 Å². The number of hydrogen-bond acceptors (Lipinski definition) is 3. The van der Waals surface area contributed by atoms with E-state index >= 15 is 0 Å². The molecule has 1 aromatic rings. The minimum Gasteiger partial charge on any atom is -0.356 e. The summed E-state index contributed by atoms with van der Waals surface area (Å²) in [6, 6.07) is 2.09. The SMILES string of the molecule is CC1(CNC(=O)CCc2cc(Br)cs2)CCNCC1. The maximum Gasteiger partial charge on any atom is 0.220 e. The zero-order valence-corrected chi connectivity index (χ0v) is 13.7. The molecular weight excluding hydrogens is 324 g/mol. The Balaban J connectivity index is 1.69. The van der Waals surface area contributed by atoms with Crippen LogP contribution in [0.3, 0.4) is 0 Å². The first kappa shape index (κ1) is 15.0. The fourth-order valence-corrected chi connectivity index (χ4v) is 3.78. The van der Waals surface area contributed by atoms with Crippen LogP contribution in [-0.4, -0.2) is 25.5 Å². The quantitative estimate of drug-likeness (QED) is 0.862. The first-order valence-corrected chi connectivity index (χ1v) is 8.45. The summed E-state index contributed by atoms with van der Waals surface area (Å²) < 4.78 is 1.11. The number of hydrogen-bond donors (Lipinski definition) is 2. The highest BCUT2D eigenvalue weighted by atomic mass is 79.9. The van der Waals surface area contributed by atoms with Gasteiger partial charge in [-0.05, 0) is 59.8 Å². The zero-order chi connectivity index (χ0) is 13.7. The fourth-order valence-electron chi connectivity index (χ4n) is 2.33. The van der Waals surface area contributed by atoms with Gasteiger partial charge >= 0.3 is 0 Å². The molecule has 1 fully saturated rings. The molecule has 0 aromatic carbocycles. The van der Waals surface area contributed by atoms with E-state index < -0.39 is 0 Å². The molecule has 3 nitrogen and oxygen atoms in total. The Hall–Kier alpha value is -0.390. The third kappa shape index (κ3) is 4.89. The van der Waals surface area contributed by atoms with Crippen molar-refractivity contribution >= 4 is 33.2 Å². The first-order chi connectivity index (χ1) is 9.07. The van der Waals surface area contributed by atoms with E-state index in [1.165, 1.54) is 4.88 Å². The van der Waals surface area contributed by atoms with E-state index in [0.29, 0.717) is 6.42 Å². The summed E-state index contributed by atoms with van der Waals surface area (Å²) in [5, 5.41) is 8.52. The van der Waals surface area contributed by atoms with Crippen molar-refractivity contribution in [2.24, 2.45) is 5.41 Å². The van der Waals surface area contributed by atoms with E-state index in [9.17, 15) is 4.79 Å². The molecule has 1 aliphatic rings. The van der Waals surface area contributed by atoms with Crippen molar-refractivity contribution in [3.8, 4) is 0 Å². The van der Waals surface area contributed by atoms with Gasteiger partial charge in [-0.15, -0.1) is 11.3 Å². The minimum absolute atomic E-state index is 0.171. The Morgan fingerprint density at radius 2 is 2.26 bits per heavy atom. The Morgan fingerprint density at radius 3 is 2.89 bits per heavy atom. The second kappa shape index (κ2) is 6.86. The van der Waals surface area contributed by atoms with Crippen LogP contribution in [0, 0.1) is 5.41 Å². The topological polar surface area (TPSA) is 41.1 Å². The number of halogens is 1. The molecule has 0 atom stereocenters. The maximum absolute atomic E-state index is 11.9. The minimum atomic E-state index is 0.171. The molecule has 2 heterocycles. The van der Waals surface area contributed by atoms with E-state index in [1.54, 1.807) is 11.3 Å². The lowest BCUT2D eigenvalue weighted by Gasteiger charge is -2.34. The van der Waals surface area contributed by atoms with Crippen molar-refractivity contribution in [1.82, 2.24) is 10.6 Å². The molecule has 1 saturated heterocycles. The predicted octanol–water partition coefficient (Wildman–Crippen LogP) is 2.95. The Kier molecular flexibility index (Phi) is 5.42. The smallest absolute Gasteiger partial charge is 0.220 e. The highest BCUT2D eigenvalue weighted by Gasteiger charge is 2.26. The van der Waals surface area contributed by atoms with Gasteiger partial charge in [-0.1, -0.05) is 6.92 Å². The van der Waals surface area contributed by atoms with Gasteiger partial charge in [0.25, 0.3) is 0 Å². The molecule has 2 rings (SSSR count). The van der Waals surface area contributed by atoms with Gasteiger partial charge in [0.05, 0.1) is 0 Å². The molecule has 1 amide bonds. The summed E-state index contributed by atoms with van der Waals surface area (Å²) in [7, 11) is 0. The molecule has 0 spiro atoms. The first-order valence-electron chi connectivity index (χ1n) is 6.78. The second-order valence-corrected chi connectivity index (χ2v) is 7.48. The van der Waals surface area contributed by atoms with Gasteiger partial charge in [0, 0.05) is 27.7 Å². The van der Waals surface area contributed by atoms with Crippen molar-refractivity contribution in [2.45, 2.75) is 32.6 Å². The van der Waals surface area contributed by atoms with Gasteiger partial charge in [0.1, 0.15) is 0 Å². The maximum atomic E-state index is 11.9. The number of nitrogens with one attached hydrogen (secondary N) is 2. The van der Waals surface area contributed by atoms with Gasteiger partial charge in [-0.25, -0.2) is 0 Å². The normalized spacial score (nSPS) is 18.2. The molecule has 0 radical (unpaired) electrons. The lowest BCUT2D eigenvalue weighted by atomic mass is 9.81. The second-order valence-electron chi connectivity index (χ2n) is 5.57. The van der Waals surface area contributed by atoms with Crippen molar-refractivity contribution in [3.05, 3.63) is 20.8 Å². The summed E-state index contributed by atoms with van der Waals surface area (Å²) >= 11 is 5.13. The lowest BCUT2D eigenvalue weighted by molar-refractivity contribution is -0.121. The predicted molar refractivity (Wildman–Crippen MR) is 83.6 cm³/mol. The van der Waals surface area contributed by atoms with Crippen molar-refractivity contribution in [2.75, 3.05) is 19.6 Å². The van der Waals surface area contributed by atoms with Crippen LogP contribution >= 0.6 is 27.3 Å². The van der Waals surface area contributed by atoms with E-state index in [0.717, 1.165) is 43.4 Å². The lowest BCUT2D eigenvalue weighted by Crippen LogP contribution is -2.42. The van der Waals surface area contributed by atoms with E-state index in [-0.39, 0.29) is 11.3 Å². The average molecular weight is 345 g/mol. The Labute approximate surface area is 127 Å². The van der Waals surface area contributed by atoms with Crippen LogP contribution in [0.2, 0.25) is 0 Å². The molecule has 19 heavy (non-hydrogen) atoms. The highest BCUT2D eigenvalue weighted by Crippen LogP contribution is 2.26. The molecular formula is C14H21BrN2OS. The van der Waals surface area contributed by atoms with Gasteiger partial charge in [-0.2, -0.15) is 0 Å². The highest BCUT2D eigenvalue weighted by molar-refractivity contribution is 9.10. The third-order valence-corrected chi connectivity index (χ3v) is 5.50. The van der Waals surface area contributed by atoms with Crippen LogP contribution in [0.4, 0.5) is 0 Å². The monoisotopic (exact) mass is 344 g/mol. The summed E-state index contributed by atoms with van der Waals surface area (Å²) in [5.41, 5.74) is 0.271. The van der Waals surface area contributed by atoms with Crippen LogP contribution in [0.5, 0.6) is 0 Å². The molecule has 106 valence electrons. The number of piperidine rings is 1. The van der Waals surface area contributed by atoms with E-state index in [2.05, 4.69) is 44.9 Å². The van der Waals surface area contributed by atoms with Crippen LogP contribution < -0.4 is 10.6 Å². The molecule has 2 N–H and O–H groups in total. The molecule has 1 aromatic heterocycles. The van der Waals surface area contributed by atoms with Gasteiger partial charge in [-0.3, -0.25) is 4.79 Å². The summed E-state index contributed by atoms with van der Waals surface area (Å²) in [5.74, 6) is 0.171. The van der Waals surface area contributed by atoms with Crippen molar-refractivity contribution in [3.63, 3.8) is 0 Å². The summed E-state index contributed by atoms with van der Waals surface area (Å²) in [6.45, 7) is 5.21. The van der Waals surface area contributed by atoms with Crippen LogP contribution in [-0.2, 0) is 11.2 Å². The van der Waals surface area contributed by atoms with Gasteiger partial charge < -0.3 is 10.6 Å². The van der Waals surface area contributed by atoms with Crippen LogP contribution in [0.25, 0.3) is 0 Å². The number of aryl methyl sites for hydroxylation is 1. The van der Waals surface area contributed by atoms with E-state index in [1.807, 2.05) is 0 Å². The average Bonchev–Trinajstić information content (AvgIpc) is 2.81. The van der Waals surface area contributed by atoms with E-state index in [4.69, 9.17) is 0 Å².